The number of hydrogen-bond acceptors (Lipinski definition) is 6. The van der Waals surface area contributed by atoms with Crippen molar-refractivity contribution in [3.63, 3.8) is 0 Å². The SMILES string of the molecule is CC(C=Cc1c([O-])n(C)c(=O)n(-c2cc(C)c(C)c(C)c2C)c1=O)=CC=C1C(=O)N(C)C(=O)N(c2cc(C)c(C)c(C)c2C)C1=O. The molecule has 1 aliphatic rings. The van der Waals surface area contributed by atoms with Crippen molar-refractivity contribution in [2.24, 2.45) is 7.05 Å². The molecule has 1 aromatic heterocycles. The van der Waals surface area contributed by atoms with Crippen LogP contribution in [0.25, 0.3) is 11.8 Å². The second-order valence-electron chi connectivity index (χ2n) is 12.0. The fraction of sp³-hybridized carbons (Fsp3) is 0.306. The molecule has 0 spiro atoms. The number of hydrogen-bond donors (Lipinski definition) is 0. The van der Waals surface area contributed by atoms with Crippen molar-refractivity contribution in [2.75, 3.05) is 11.9 Å². The first kappa shape index (κ1) is 33.6. The highest BCUT2D eigenvalue weighted by Crippen LogP contribution is 2.32. The molecule has 1 aliphatic heterocycles. The summed E-state index contributed by atoms with van der Waals surface area (Å²) in [6.07, 6.45) is 5.62. The lowest BCUT2D eigenvalue weighted by atomic mass is 9.96. The zero-order chi connectivity index (χ0) is 34.5. The number of urea groups is 1. The number of imide groups is 2. The lowest BCUT2D eigenvalue weighted by molar-refractivity contribution is -0.280. The normalized spacial score (nSPS) is 15.2. The van der Waals surface area contributed by atoms with Crippen molar-refractivity contribution in [2.45, 2.75) is 62.3 Å². The lowest BCUT2D eigenvalue weighted by Crippen LogP contribution is -2.55. The number of carbonyl (C=O) groups is 3. The van der Waals surface area contributed by atoms with Gasteiger partial charge in [0, 0.05) is 19.7 Å². The molecule has 10 nitrogen and oxygen atoms in total. The van der Waals surface area contributed by atoms with Gasteiger partial charge in [-0.2, -0.15) is 0 Å². The lowest BCUT2D eigenvalue weighted by Gasteiger charge is -2.33. The summed E-state index contributed by atoms with van der Waals surface area (Å²) >= 11 is 0. The largest absolute Gasteiger partial charge is 0.859 e. The maximum atomic E-state index is 13.6. The van der Waals surface area contributed by atoms with Crippen LogP contribution in [-0.4, -0.2) is 38.9 Å². The van der Waals surface area contributed by atoms with Gasteiger partial charge in [0.05, 0.1) is 11.4 Å². The fourth-order valence-electron chi connectivity index (χ4n) is 5.47. The Bertz CT molecular complexity index is 2070. The van der Waals surface area contributed by atoms with Crippen molar-refractivity contribution in [1.82, 2.24) is 14.0 Å². The van der Waals surface area contributed by atoms with E-state index in [4.69, 9.17) is 0 Å². The van der Waals surface area contributed by atoms with E-state index >= 15 is 0 Å². The standard InChI is InChI=1S/C36H40N4O6/c1-18(12-14-27-31(41)37(10)35(45)39(33(27)43)29-16-19(2)21(4)23(6)25(29)8)13-15-28-32(42)38(11)36(46)40(34(28)44)30-17-20(3)22(5)24(7)26(30)9/h12-17,41H,1-11H3/p-1. The van der Waals surface area contributed by atoms with Crippen LogP contribution in [0.2, 0.25) is 0 Å². The molecule has 2 aromatic carbocycles. The fourth-order valence-corrected chi connectivity index (χ4v) is 5.47. The Morgan fingerprint density at radius 3 is 1.80 bits per heavy atom. The first-order valence-corrected chi connectivity index (χ1v) is 14.8. The number of rotatable bonds is 5. The first-order valence-electron chi connectivity index (χ1n) is 14.8. The molecule has 0 aliphatic carbocycles. The minimum atomic E-state index is -0.756. The molecule has 2 heterocycles. The highest BCUT2D eigenvalue weighted by molar-refractivity contribution is 6.37. The Balaban J connectivity index is 1.77. The molecule has 1 fully saturated rings. The number of benzene rings is 2. The van der Waals surface area contributed by atoms with Crippen LogP contribution >= 0.6 is 0 Å². The van der Waals surface area contributed by atoms with Gasteiger partial charge in [-0.1, -0.05) is 17.7 Å². The Morgan fingerprint density at radius 2 is 1.24 bits per heavy atom. The second-order valence-corrected chi connectivity index (χ2v) is 12.0. The average molecular weight is 624 g/mol. The van der Waals surface area contributed by atoms with Gasteiger partial charge in [0.15, 0.2) is 0 Å². The summed E-state index contributed by atoms with van der Waals surface area (Å²) in [5.74, 6) is -2.26. The van der Waals surface area contributed by atoms with Crippen LogP contribution in [0.4, 0.5) is 10.5 Å². The van der Waals surface area contributed by atoms with Gasteiger partial charge in [-0.25, -0.2) is 19.1 Å². The quantitative estimate of drug-likeness (QED) is 0.233. The van der Waals surface area contributed by atoms with Crippen LogP contribution in [0, 0.1) is 55.4 Å². The monoisotopic (exact) mass is 623 g/mol. The third kappa shape index (κ3) is 5.44. The Labute approximate surface area is 268 Å². The van der Waals surface area contributed by atoms with E-state index in [1.807, 2.05) is 55.4 Å². The minimum absolute atomic E-state index is 0.223. The van der Waals surface area contributed by atoms with Crippen LogP contribution in [0.15, 0.2) is 51.1 Å². The maximum absolute atomic E-state index is 13.6. The van der Waals surface area contributed by atoms with Crippen LogP contribution in [0.1, 0.15) is 57.0 Å². The van der Waals surface area contributed by atoms with E-state index in [0.717, 1.165) is 63.4 Å². The van der Waals surface area contributed by atoms with E-state index in [1.165, 1.54) is 38.4 Å². The number of allylic oxidation sites excluding steroid dienone is 4. The number of barbiturate groups is 1. The molecule has 4 amide bonds. The predicted octanol–water partition coefficient (Wildman–Crippen LogP) is 4.59. The van der Waals surface area contributed by atoms with E-state index in [0.29, 0.717) is 16.9 Å². The molecule has 240 valence electrons. The van der Waals surface area contributed by atoms with Gasteiger partial charge in [-0.05, 0) is 137 Å². The van der Waals surface area contributed by atoms with Crippen molar-refractivity contribution < 1.29 is 19.5 Å². The number of anilines is 1. The summed E-state index contributed by atoms with van der Waals surface area (Å²) < 4.78 is 1.90. The molecule has 0 atom stereocenters. The molecule has 0 bridgehead atoms. The number of nitrogens with zero attached hydrogens (tertiary/aromatic N) is 4. The maximum Gasteiger partial charge on any atom is 0.338 e. The first-order chi connectivity index (χ1) is 21.4. The molecule has 46 heavy (non-hydrogen) atoms. The third-order valence-electron chi connectivity index (χ3n) is 9.31. The molecule has 1 saturated heterocycles. The van der Waals surface area contributed by atoms with E-state index in [1.54, 1.807) is 19.1 Å². The van der Waals surface area contributed by atoms with Crippen molar-refractivity contribution in [1.29, 1.82) is 0 Å². The molecule has 0 N–H and O–H groups in total. The third-order valence-corrected chi connectivity index (χ3v) is 9.31. The van der Waals surface area contributed by atoms with Crippen molar-refractivity contribution in [3.05, 3.63) is 112 Å². The Morgan fingerprint density at radius 1 is 0.717 bits per heavy atom. The van der Waals surface area contributed by atoms with Gasteiger partial charge >= 0.3 is 11.7 Å². The molecular formula is C36H39N4O6-. The highest BCUT2D eigenvalue weighted by Gasteiger charge is 2.41. The zero-order valence-corrected chi connectivity index (χ0v) is 28.2. The average Bonchev–Trinajstić information content (AvgIpc) is 3.01. The summed E-state index contributed by atoms with van der Waals surface area (Å²) in [5, 5.41) is 13.0. The molecular weight excluding hydrogens is 584 g/mol. The number of aromatic nitrogens is 2. The van der Waals surface area contributed by atoms with Gasteiger partial charge in [0.25, 0.3) is 17.4 Å². The van der Waals surface area contributed by atoms with Crippen molar-refractivity contribution >= 4 is 29.6 Å². The Kier molecular flexibility index (Phi) is 8.97. The molecule has 0 radical (unpaired) electrons. The molecule has 3 aromatic rings. The van der Waals surface area contributed by atoms with Crippen LogP contribution < -0.4 is 21.3 Å². The Hall–Kier alpha value is -5.25. The van der Waals surface area contributed by atoms with E-state index < -0.39 is 35.0 Å². The van der Waals surface area contributed by atoms with Gasteiger partial charge in [-0.15, -0.1) is 0 Å². The summed E-state index contributed by atoms with van der Waals surface area (Å²) in [6, 6.07) is 2.78. The molecule has 4 rings (SSSR count). The van der Waals surface area contributed by atoms with Crippen LogP contribution in [0.3, 0.4) is 0 Å². The topological polar surface area (TPSA) is 125 Å². The van der Waals surface area contributed by atoms with Crippen LogP contribution in [0.5, 0.6) is 5.88 Å². The van der Waals surface area contributed by atoms with Crippen molar-refractivity contribution in [3.8, 4) is 11.6 Å². The summed E-state index contributed by atoms with van der Waals surface area (Å²) in [7, 11) is 2.63. The van der Waals surface area contributed by atoms with Gasteiger partial charge in [0.2, 0.25) is 0 Å². The number of likely N-dealkylation sites (N-methyl/N-ethyl adjacent to an activating group) is 1. The summed E-state index contributed by atoms with van der Waals surface area (Å²) in [6.45, 7) is 16.9. The molecule has 10 heteroatoms. The van der Waals surface area contributed by atoms with E-state index in [2.05, 4.69) is 0 Å². The number of carbonyl (C=O) groups excluding carboxylic acids is 3. The number of amides is 4. The minimum Gasteiger partial charge on any atom is -0.859 e. The van der Waals surface area contributed by atoms with Gasteiger partial charge in [0.1, 0.15) is 5.57 Å². The van der Waals surface area contributed by atoms with Gasteiger partial charge < -0.3 is 9.67 Å². The smallest absolute Gasteiger partial charge is 0.338 e. The number of aryl methyl sites for hydroxylation is 2. The summed E-state index contributed by atoms with van der Waals surface area (Å²) in [4.78, 5) is 68.4. The second kappa shape index (κ2) is 12.3. The zero-order valence-electron chi connectivity index (χ0n) is 28.2. The predicted molar refractivity (Wildman–Crippen MR) is 178 cm³/mol. The highest BCUT2D eigenvalue weighted by atomic mass is 16.3. The van der Waals surface area contributed by atoms with E-state index in [-0.39, 0.29) is 11.1 Å². The van der Waals surface area contributed by atoms with Gasteiger partial charge in [-0.3, -0.25) is 19.3 Å². The van der Waals surface area contributed by atoms with E-state index in [9.17, 15) is 29.1 Å². The van der Waals surface area contributed by atoms with Crippen LogP contribution in [-0.2, 0) is 16.6 Å². The summed E-state index contributed by atoms with van der Waals surface area (Å²) in [5.41, 5.74) is 6.67. The molecule has 0 unspecified atom stereocenters. The molecule has 0 saturated carbocycles.